The van der Waals surface area contributed by atoms with Gasteiger partial charge in [-0.1, -0.05) is 0 Å². The van der Waals surface area contributed by atoms with E-state index in [9.17, 15) is 5.11 Å². The fourth-order valence-corrected chi connectivity index (χ4v) is 3.57. The van der Waals surface area contributed by atoms with Gasteiger partial charge >= 0.3 is 0 Å². The first-order valence-corrected chi connectivity index (χ1v) is 7.27. The SMILES string of the molecule is Cc1cc2c(N3CCCC(C)(O)C3)nc(N)nc2s1. The lowest BCUT2D eigenvalue weighted by molar-refractivity contribution is 0.0448. The summed E-state index contributed by atoms with van der Waals surface area (Å²) in [6, 6.07) is 2.10. The highest BCUT2D eigenvalue weighted by Crippen LogP contribution is 2.33. The van der Waals surface area contributed by atoms with Crippen LogP contribution in [0.5, 0.6) is 0 Å². The van der Waals surface area contributed by atoms with Crippen LogP contribution in [0.15, 0.2) is 6.07 Å². The van der Waals surface area contributed by atoms with Crippen molar-refractivity contribution in [1.29, 1.82) is 0 Å². The maximum Gasteiger partial charge on any atom is 0.223 e. The second-order valence-electron chi connectivity index (χ2n) is 5.50. The van der Waals surface area contributed by atoms with Gasteiger partial charge in [0.05, 0.1) is 11.0 Å². The lowest BCUT2D eigenvalue weighted by Crippen LogP contribution is -2.46. The standard InChI is InChI=1S/C13H18N4OS/c1-8-6-9-10(15-12(14)16-11(9)19-8)17-5-3-4-13(2,18)7-17/h6,18H,3-5,7H2,1-2H3,(H2,14,15,16). The van der Waals surface area contributed by atoms with E-state index in [0.29, 0.717) is 12.5 Å². The van der Waals surface area contributed by atoms with Crippen LogP contribution in [-0.4, -0.2) is 33.8 Å². The van der Waals surface area contributed by atoms with Crippen molar-refractivity contribution in [3.63, 3.8) is 0 Å². The van der Waals surface area contributed by atoms with E-state index in [1.54, 1.807) is 11.3 Å². The Balaban J connectivity index is 2.08. The molecule has 3 N–H and O–H groups in total. The van der Waals surface area contributed by atoms with Crippen molar-refractivity contribution in [2.24, 2.45) is 0 Å². The van der Waals surface area contributed by atoms with Crippen LogP contribution in [0.4, 0.5) is 11.8 Å². The van der Waals surface area contributed by atoms with Crippen molar-refractivity contribution in [1.82, 2.24) is 9.97 Å². The molecule has 2 aromatic rings. The molecule has 6 heteroatoms. The van der Waals surface area contributed by atoms with Crippen molar-refractivity contribution in [2.75, 3.05) is 23.7 Å². The Kier molecular flexibility index (Phi) is 2.87. The van der Waals surface area contributed by atoms with Gasteiger partial charge in [0.2, 0.25) is 5.95 Å². The molecule has 0 bridgehead atoms. The Morgan fingerprint density at radius 3 is 3.00 bits per heavy atom. The van der Waals surface area contributed by atoms with Crippen LogP contribution in [0.2, 0.25) is 0 Å². The van der Waals surface area contributed by atoms with E-state index in [0.717, 1.165) is 35.4 Å². The van der Waals surface area contributed by atoms with E-state index in [4.69, 9.17) is 5.73 Å². The molecule has 0 spiro atoms. The Labute approximate surface area is 116 Å². The van der Waals surface area contributed by atoms with E-state index >= 15 is 0 Å². The number of hydrogen-bond donors (Lipinski definition) is 2. The molecule has 0 amide bonds. The molecular formula is C13H18N4OS. The van der Waals surface area contributed by atoms with Crippen molar-refractivity contribution < 1.29 is 5.11 Å². The number of rotatable bonds is 1. The second kappa shape index (κ2) is 4.31. The van der Waals surface area contributed by atoms with Crippen LogP contribution in [0.25, 0.3) is 10.2 Å². The highest BCUT2D eigenvalue weighted by molar-refractivity contribution is 7.18. The van der Waals surface area contributed by atoms with Crippen molar-refractivity contribution in [3.05, 3.63) is 10.9 Å². The number of nitrogens with zero attached hydrogens (tertiary/aromatic N) is 3. The van der Waals surface area contributed by atoms with Gasteiger partial charge in [0.1, 0.15) is 10.6 Å². The maximum absolute atomic E-state index is 10.2. The molecule has 0 radical (unpaired) electrons. The third-order valence-corrected chi connectivity index (χ3v) is 4.43. The summed E-state index contributed by atoms with van der Waals surface area (Å²) in [7, 11) is 0. The zero-order chi connectivity index (χ0) is 13.6. The molecule has 19 heavy (non-hydrogen) atoms. The number of nitrogens with two attached hydrogens (primary N) is 1. The first kappa shape index (κ1) is 12.6. The Morgan fingerprint density at radius 2 is 2.26 bits per heavy atom. The number of nitrogen functional groups attached to an aromatic ring is 1. The normalized spacial score (nSPS) is 24.1. The monoisotopic (exact) mass is 278 g/mol. The smallest absolute Gasteiger partial charge is 0.223 e. The molecule has 5 nitrogen and oxygen atoms in total. The average Bonchev–Trinajstić information content (AvgIpc) is 2.66. The minimum absolute atomic E-state index is 0.301. The molecular weight excluding hydrogens is 260 g/mol. The van der Waals surface area contributed by atoms with Gasteiger partial charge < -0.3 is 15.7 Å². The Bertz CT molecular complexity index is 622. The number of aliphatic hydroxyl groups is 1. The predicted molar refractivity (Wildman–Crippen MR) is 78.6 cm³/mol. The predicted octanol–water partition coefficient (Wildman–Crippen LogP) is 1.93. The molecule has 1 atom stereocenters. The molecule has 2 aromatic heterocycles. The van der Waals surface area contributed by atoms with E-state index < -0.39 is 5.60 Å². The molecule has 102 valence electrons. The van der Waals surface area contributed by atoms with Gasteiger partial charge in [-0.2, -0.15) is 4.98 Å². The van der Waals surface area contributed by atoms with E-state index in [-0.39, 0.29) is 0 Å². The van der Waals surface area contributed by atoms with Crippen LogP contribution in [-0.2, 0) is 0 Å². The lowest BCUT2D eigenvalue weighted by Gasteiger charge is -2.37. The van der Waals surface area contributed by atoms with Crippen molar-refractivity contribution in [3.8, 4) is 0 Å². The minimum Gasteiger partial charge on any atom is -0.388 e. The van der Waals surface area contributed by atoms with Gasteiger partial charge in [0.15, 0.2) is 0 Å². The molecule has 1 fully saturated rings. The topological polar surface area (TPSA) is 75.3 Å². The van der Waals surface area contributed by atoms with Crippen LogP contribution < -0.4 is 10.6 Å². The third kappa shape index (κ3) is 2.37. The summed E-state index contributed by atoms with van der Waals surface area (Å²) in [4.78, 5) is 12.9. The average molecular weight is 278 g/mol. The number of aryl methyl sites for hydroxylation is 1. The molecule has 0 aromatic carbocycles. The Hall–Kier alpha value is -1.40. The molecule has 3 rings (SSSR count). The number of β-amino-alcohol motifs (C(OH)–C–C–N with tert-alkyl or cyclic N) is 1. The second-order valence-corrected chi connectivity index (χ2v) is 6.74. The van der Waals surface area contributed by atoms with Crippen LogP contribution in [0, 0.1) is 6.92 Å². The molecule has 1 unspecified atom stereocenters. The largest absolute Gasteiger partial charge is 0.388 e. The van der Waals surface area contributed by atoms with Crippen LogP contribution in [0.1, 0.15) is 24.6 Å². The highest BCUT2D eigenvalue weighted by Gasteiger charge is 2.30. The van der Waals surface area contributed by atoms with Gasteiger partial charge in [-0.25, -0.2) is 4.98 Å². The molecule has 1 saturated heterocycles. The summed E-state index contributed by atoms with van der Waals surface area (Å²) >= 11 is 1.62. The van der Waals surface area contributed by atoms with Crippen molar-refractivity contribution >= 4 is 33.3 Å². The van der Waals surface area contributed by atoms with Gasteiger partial charge in [-0.05, 0) is 32.8 Å². The summed E-state index contributed by atoms with van der Waals surface area (Å²) < 4.78 is 0. The molecule has 1 aliphatic heterocycles. The fourth-order valence-electron chi connectivity index (χ4n) is 2.68. The molecule has 0 aliphatic carbocycles. The first-order valence-electron chi connectivity index (χ1n) is 6.46. The Morgan fingerprint density at radius 1 is 1.47 bits per heavy atom. The number of anilines is 2. The lowest BCUT2D eigenvalue weighted by atomic mass is 9.95. The number of piperidine rings is 1. The zero-order valence-electron chi connectivity index (χ0n) is 11.2. The van der Waals surface area contributed by atoms with E-state index in [2.05, 4.69) is 27.9 Å². The number of fused-ring (bicyclic) bond motifs is 1. The summed E-state index contributed by atoms with van der Waals surface area (Å²) in [6.07, 6.45) is 1.79. The van der Waals surface area contributed by atoms with Crippen LogP contribution in [0.3, 0.4) is 0 Å². The number of aromatic nitrogens is 2. The van der Waals surface area contributed by atoms with Gasteiger partial charge in [0.25, 0.3) is 0 Å². The summed E-state index contributed by atoms with van der Waals surface area (Å²) in [5, 5.41) is 11.3. The zero-order valence-corrected chi connectivity index (χ0v) is 12.0. The van der Waals surface area contributed by atoms with Gasteiger partial charge in [-0.15, -0.1) is 11.3 Å². The minimum atomic E-state index is -0.657. The highest BCUT2D eigenvalue weighted by atomic mass is 32.1. The molecule has 0 saturated carbocycles. The van der Waals surface area contributed by atoms with Gasteiger partial charge in [0, 0.05) is 18.0 Å². The fraction of sp³-hybridized carbons (Fsp3) is 0.538. The quantitative estimate of drug-likeness (QED) is 0.833. The van der Waals surface area contributed by atoms with E-state index in [1.807, 2.05) is 6.92 Å². The van der Waals surface area contributed by atoms with Crippen molar-refractivity contribution in [2.45, 2.75) is 32.3 Å². The van der Waals surface area contributed by atoms with Crippen LogP contribution >= 0.6 is 11.3 Å². The molecule has 3 heterocycles. The van der Waals surface area contributed by atoms with E-state index in [1.165, 1.54) is 4.88 Å². The summed E-state index contributed by atoms with van der Waals surface area (Å²) in [6.45, 7) is 5.42. The maximum atomic E-state index is 10.2. The molecule has 1 aliphatic rings. The summed E-state index contributed by atoms with van der Waals surface area (Å²) in [5.41, 5.74) is 5.15. The van der Waals surface area contributed by atoms with Gasteiger partial charge in [-0.3, -0.25) is 0 Å². The number of thiophene rings is 1. The number of hydrogen-bond acceptors (Lipinski definition) is 6. The first-order chi connectivity index (χ1) is 8.94. The third-order valence-electron chi connectivity index (χ3n) is 3.49. The summed E-state index contributed by atoms with van der Waals surface area (Å²) in [5.74, 6) is 1.15.